The SMILES string of the molecule is CC(C(=O)O)n1cc(C(N)=O)c2ccccc21. The van der Waals surface area contributed by atoms with Crippen LogP contribution in [0.15, 0.2) is 30.5 Å². The van der Waals surface area contributed by atoms with E-state index in [1.54, 1.807) is 31.2 Å². The summed E-state index contributed by atoms with van der Waals surface area (Å²) in [6.07, 6.45) is 1.49. The van der Waals surface area contributed by atoms with E-state index in [1.165, 1.54) is 10.8 Å². The number of rotatable bonds is 3. The number of hydrogen-bond donors (Lipinski definition) is 2. The summed E-state index contributed by atoms with van der Waals surface area (Å²) in [5.41, 5.74) is 6.30. The Bertz CT molecular complexity index is 601. The number of carbonyl (C=O) groups is 2. The summed E-state index contributed by atoms with van der Waals surface area (Å²) in [6.45, 7) is 1.56. The summed E-state index contributed by atoms with van der Waals surface area (Å²) in [5.74, 6) is -1.51. The highest BCUT2D eigenvalue weighted by atomic mass is 16.4. The van der Waals surface area contributed by atoms with Crippen LogP contribution in [0.1, 0.15) is 23.3 Å². The Morgan fingerprint density at radius 1 is 1.35 bits per heavy atom. The van der Waals surface area contributed by atoms with Crippen molar-refractivity contribution >= 4 is 22.8 Å². The lowest BCUT2D eigenvalue weighted by molar-refractivity contribution is -0.140. The normalized spacial score (nSPS) is 12.5. The number of para-hydroxylation sites is 1. The van der Waals surface area contributed by atoms with Gasteiger partial charge in [-0.3, -0.25) is 4.79 Å². The quantitative estimate of drug-likeness (QED) is 0.838. The zero-order valence-corrected chi connectivity index (χ0v) is 9.25. The zero-order valence-electron chi connectivity index (χ0n) is 9.25. The Morgan fingerprint density at radius 2 is 2.00 bits per heavy atom. The van der Waals surface area contributed by atoms with E-state index in [1.807, 2.05) is 0 Å². The molecule has 1 amide bonds. The fourth-order valence-electron chi connectivity index (χ4n) is 1.84. The van der Waals surface area contributed by atoms with E-state index >= 15 is 0 Å². The number of benzene rings is 1. The zero-order chi connectivity index (χ0) is 12.6. The lowest BCUT2D eigenvalue weighted by Gasteiger charge is -2.09. The number of carboxylic acids is 1. The van der Waals surface area contributed by atoms with Crippen LogP contribution < -0.4 is 5.73 Å². The maximum atomic E-state index is 11.3. The van der Waals surface area contributed by atoms with Crippen LogP contribution in [0, 0.1) is 0 Å². The molecule has 0 bridgehead atoms. The van der Waals surface area contributed by atoms with Crippen LogP contribution in [0.5, 0.6) is 0 Å². The largest absolute Gasteiger partial charge is 0.480 e. The fourth-order valence-corrected chi connectivity index (χ4v) is 1.84. The molecule has 0 saturated carbocycles. The van der Waals surface area contributed by atoms with Crippen LogP contribution in [0.25, 0.3) is 10.9 Å². The van der Waals surface area contributed by atoms with Crippen LogP contribution in [0.3, 0.4) is 0 Å². The predicted octanol–water partition coefficient (Wildman–Crippen LogP) is 1.39. The molecule has 0 fully saturated rings. The third-order valence-corrected chi connectivity index (χ3v) is 2.78. The van der Waals surface area contributed by atoms with Crippen molar-refractivity contribution < 1.29 is 14.7 Å². The smallest absolute Gasteiger partial charge is 0.326 e. The molecule has 17 heavy (non-hydrogen) atoms. The molecular weight excluding hydrogens is 220 g/mol. The van der Waals surface area contributed by atoms with Gasteiger partial charge in [-0.15, -0.1) is 0 Å². The van der Waals surface area contributed by atoms with E-state index in [9.17, 15) is 9.59 Å². The van der Waals surface area contributed by atoms with Crippen molar-refractivity contribution in [3.05, 3.63) is 36.0 Å². The Morgan fingerprint density at radius 3 is 2.59 bits per heavy atom. The Labute approximate surface area is 97.4 Å². The summed E-state index contributed by atoms with van der Waals surface area (Å²) >= 11 is 0. The van der Waals surface area contributed by atoms with Crippen molar-refractivity contribution in [3.8, 4) is 0 Å². The van der Waals surface area contributed by atoms with Gasteiger partial charge in [0, 0.05) is 17.1 Å². The van der Waals surface area contributed by atoms with Crippen molar-refractivity contribution in [2.75, 3.05) is 0 Å². The van der Waals surface area contributed by atoms with Gasteiger partial charge in [0.1, 0.15) is 6.04 Å². The molecule has 0 saturated heterocycles. The van der Waals surface area contributed by atoms with Gasteiger partial charge in [0.15, 0.2) is 0 Å². The van der Waals surface area contributed by atoms with Gasteiger partial charge in [0.05, 0.1) is 5.56 Å². The molecule has 0 aliphatic rings. The molecule has 0 aliphatic carbocycles. The molecule has 1 unspecified atom stereocenters. The van der Waals surface area contributed by atoms with E-state index in [-0.39, 0.29) is 0 Å². The number of aromatic nitrogens is 1. The first-order valence-electron chi connectivity index (χ1n) is 5.14. The highest BCUT2D eigenvalue weighted by Gasteiger charge is 2.19. The van der Waals surface area contributed by atoms with Gasteiger partial charge in [-0.25, -0.2) is 4.79 Å². The van der Waals surface area contributed by atoms with E-state index in [0.717, 1.165) is 0 Å². The van der Waals surface area contributed by atoms with Crippen molar-refractivity contribution in [2.45, 2.75) is 13.0 Å². The summed E-state index contributed by atoms with van der Waals surface area (Å²) in [6, 6.07) is 6.35. The van der Waals surface area contributed by atoms with Crippen molar-refractivity contribution in [2.24, 2.45) is 5.73 Å². The van der Waals surface area contributed by atoms with Gasteiger partial charge < -0.3 is 15.4 Å². The molecule has 2 rings (SSSR count). The standard InChI is InChI=1S/C12H12N2O3/c1-7(12(16)17)14-6-9(11(13)15)8-4-2-3-5-10(8)14/h2-7H,1H3,(H2,13,15)(H,16,17). The molecule has 5 nitrogen and oxygen atoms in total. The Hall–Kier alpha value is -2.30. The van der Waals surface area contributed by atoms with Gasteiger partial charge in [-0.2, -0.15) is 0 Å². The summed E-state index contributed by atoms with van der Waals surface area (Å²) in [4.78, 5) is 22.3. The number of nitrogens with two attached hydrogens (primary N) is 1. The molecule has 2 aromatic rings. The number of aliphatic carboxylic acids is 1. The Balaban J connectivity index is 2.73. The second kappa shape index (κ2) is 3.93. The lowest BCUT2D eigenvalue weighted by Crippen LogP contribution is -2.15. The third kappa shape index (κ3) is 1.75. The molecule has 0 spiro atoms. The maximum absolute atomic E-state index is 11.3. The molecule has 0 aliphatic heterocycles. The minimum absolute atomic E-state index is 0.341. The van der Waals surface area contributed by atoms with Crippen molar-refractivity contribution in [1.82, 2.24) is 4.57 Å². The molecule has 1 heterocycles. The van der Waals surface area contributed by atoms with Crippen LogP contribution in [-0.2, 0) is 4.79 Å². The third-order valence-electron chi connectivity index (χ3n) is 2.78. The van der Waals surface area contributed by atoms with E-state index in [4.69, 9.17) is 10.8 Å². The second-order valence-electron chi connectivity index (χ2n) is 3.85. The van der Waals surface area contributed by atoms with Gasteiger partial charge in [0.2, 0.25) is 0 Å². The maximum Gasteiger partial charge on any atom is 0.326 e. The fraction of sp³-hybridized carbons (Fsp3) is 0.167. The first kappa shape index (κ1) is 11.2. The van der Waals surface area contributed by atoms with Gasteiger partial charge in [-0.05, 0) is 13.0 Å². The highest BCUT2D eigenvalue weighted by molar-refractivity contribution is 6.06. The topological polar surface area (TPSA) is 85.3 Å². The Kier molecular flexibility index (Phi) is 2.59. The number of carboxylic acid groups (broad SMARTS) is 1. The molecular formula is C12H12N2O3. The second-order valence-corrected chi connectivity index (χ2v) is 3.85. The molecule has 0 radical (unpaired) electrons. The van der Waals surface area contributed by atoms with Gasteiger partial charge in [-0.1, -0.05) is 18.2 Å². The first-order valence-corrected chi connectivity index (χ1v) is 5.14. The summed E-state index contributed by atoms with van der Waals surface area (Å²) in [5, 5.41) is 9.68. The average Bonchev–Trinajstić information content (AvgIpc) is 2.67. The van der Waals surface area contributed by atoms with Crippen LogP contribution in [0.4, 0.5) is 0 Å². The number of nitrogens with zero attached hydrogens (tertiary/aromatic N) is 1. The van der Waals surface area contributed by atoms with Crippen LogP contribution in [0.2, 0.25) is 0 Å². The van der Waals surface area contributed by atoms with Crippen molar-refractivity contribution in [1.29, 1.82) is 0 Å². The van der Waals surface area contributed by atoms with Crippen LogP contribution in [-0.4, -0.2) is 21.6 Å². The van der Waals surface area contributed by atoms with E-state index < -0.39 is 17.9 Å². The van der Waals surface area contributed by atoms with Gasteiger partial charge in [0.25, 0.3) is 5.91 Å². The highest BCUT2D eigenvalue weighted by Crippen LogP contribution is 2.24. The van der Waals surface area contributed by atoms with Crippen molar-refractivity contribution in [3.63, 3.8) is 0 Å². The molecule has 5 heteroatoms. The minimum atomic E-state index is -0.957. The minimum Gasteiger partial charge on any atom is -0.480 e. The number of carbonyl (C=O) groups excluding carboxylic acids is 1. The number of amides is 1. The number of hydrogen-bond acceptors (Lipinski definition) is 2. The predicted molar refractivity (Wildman–Crippen MR) is 62.8 cm³/mol. The van der Waals surface area contributed by atoms with E-state index in [0.29, 0.717) is 16.5 Å². The molecule has 3 N–H and O–H groups in total. The van der Waals surface area contributed by atoms with E-state index in [2.05, 4.69) is 0 Å². The average molecular weight is 232 g/mol. The number of fused-ring (bicyclic) bond motifs is 1. The molecule has 1 atom stereocenters. The molecule has 1 aromatic heterocycles. The lowest BCUT2D eigenvalue weighted by atomic mass is 10.2. The summed E-state index contributed by atoms with van der Waals surface area (Å²) < 4.78 is 1.54. The summed E-state index contributed by atoms with van der Waals surface area (Å²) in [7, 11) is 0. The number of primary amides is 1. The first-order chi connectivity index (χ1) is 8.02. The molecule has 1 aromatic carbocycles. The monoisotopic (exact) mass is 232 g/mol. The van der Waals surface area contributed by atoms with Gasteiger partial charge >= 0.3 is 5.97 Å². The molecule has 88 valence electrons. The van der Waals surface area contributed by atoms with Crippen LogP contribution >= 0.6 is 0 Å².